The summed E-state index contributed by atoms with van der Waals surface area (Å²) >= 11 is 1.08. The molecule has 3 aromatic carbocycles. The molecule has 6 nitrogen and oxygen atoms in total. The van der Waals surface area contributed by atoms with Crippen LogP contribution in [0.1, 0.15) is 5.56 Å². The van der Waals surface area contributed by atoms with Crippen LogP contribution in [-0.4, -0.2) is 28.3 Å². The van der Waals surface area contributed by atoms with Gasteiger partial charge in [0.2, 0.25) is 5.91 Å². The normalized spacial score (nSPS) is 10.9. The fourth-order valence-electron chi connectivity index (χ4n) is 3.21. The van der Waals surface area contributed by atoms with Gasteiger partial charge < -0.3 is 10.1 Å². The second-order valence-corrected chi connectivity index (χ2v) is 8.06. The van der Waals surface area contributed by atoms with Crippen LogP contribution in [0.2, 0.25) is 0 Å². The van der Waals surface area contributed by atoms with E-state index in [0.29, 0.717) is 21.8 Å². The highest BCUT2D eigenvalue weighted by Gasteiger charge is 2.14. The molecule has 33 heavy (non-hydrogen) atoms. The van der Waals surface area contributed by atoms with Crippen molar-refractivity contribution in [2.24, 2.45) is 0 Å². The molecule has 0 atom stereocenters. The lowest BCUT2D eigenvalue weighted by molar-refractivity contribution is -0.113. The number of methoxy groups -OCH3 is 1. The molecule has 9 heteroatoms. The molecular formula is C24H19F2N3O3S. The number of amides is 1. The van der Waals surface area contributed by atoms with Crippen LogP contribution in [0.5, 0.6) is 5.75 Å². The number of hydrogen-bond acceptors (Lipinski definition) is 5. The number of carbonyl (C=O) groups excluding carboxylic acids is 1. The highest BCUT2D eigenvalue weighted by Crippen LogP contribution is 2.21. The summed E-state index contributed by atoms with van der Waals surface area (Å²) in [5, 5.41) is 3.36. The van der Waals surface area contributed by atoms with Crippen molar-refractivity contribution in [3.8, 4) is 5.75 Å². The summed E-state index contributed by atoms with van der Waals surface area (Å²) < 4.78 is 33.2. The number of carbonyl (C=O) groups is 1. The van der Waals surface area contributed by atoms with Gasteiger partial charge >= 0.3 is 0 Å². The van der Waals surface area contributed by atoms with Gasteiger partial charge in [-0.15, -0.1) is 0 Å². The molecule has 0 saturated carbocycles. The Labute approximate surface area is 192 Å². The number of ether oxygens (including phenoxy) is 1. The fourth-order valence-corrected chi connectivity index (χ4v) is 4.01. The molecular weight excluding hydrogens is 448 g/mol. The Balaban J connectivity index is 1.59. The van der Waals surface area contributed by atoms with Crippen molar-refractivity contribution < 1.29 is 18.3 Å². The van der Waals surface area contributed by atoms with E-state index in [4.69, 9.17) is 4.74 Å². The Morgan fingerprint density at radius 2 is 1.82 bits per heavy atom. The lowest BCUT2D eigenvalue weighted by Gasteiger charge is -2.13. The molecule has 0 radical (unpaired) electrons. The lowest BCUT2D eigenvalue weighted by Crippen LogP contribution is -2.25. The number of nitrogens with zero attached hydrogens (tertiary/aromatic N) is 2. The smallest absolute Gasteiger partial charge is 0.262 e. The van der Waals surface area contributed by atoms with E-state index >= 15 is 0 Å². The minimum atomic E-state index is -1.05. The number of aromatic nitrogens is 2. The first-order chi connectivity index (χ1) is 15.9. The molecule has 0 unspecified atom stereocenters. The SMILES string of the molecule is COc1ccc(Cn2c(SCC(=O)Nc3ccc(F)c(F)c3)nc3ccccc3c2=O)cc1. The number of halogens is 2. The number of benzene rings is 3. The van der Waals surface area contributed by atoms with Gasteiger partial charge in [-0.2, -0.15) is 0 Å². The summed E-state index contributed by atoms with van der Waals surface area (Å²) in [4.78, 5) is 30.2. The molecule has 1 heterocycles. The predicted molar refractivity (Wildman–Crippen MR) is 124 cm³/mol. The molecule has 0 spiro atoms. The van der Waals surface area contributed by atoms with Crippen LogP contribution < -0.4 is 15.6 Å². The quantitative estimate of drug-likeness (QED) is 0.321. The van der Waals surface area contributed by atoms with Crippen LogP contribution in [-0.2, 0) is 11.3 Å². The monoisotopic (exact) mass is 467 g/mol. The van der Waals surface area contributed by atoms with Gasteiger partial charge in [0.15, 0.2) is 16.8 Å². The van der Waals surface area contributed by atoms with Crippen LogP contribution in [0.4, 0.5) is 14.5 Å². The Hall–Kier alpha value is -3.72. The van der Waals surface area contributed by atoms with Gasteiger partial charge in [-0.3, -0.25) is 14.2 Å². The lowest BCUT2D eigenvalue weighted by atomic mass is 10.2. The topological polar surface area (TPSA) is 73.2 Å². The number of fused-ring (bicyclic) bond motifs is 1. The maximum Gasteiger partial charge on any atom is 0.262 e. The van der Waals surface area contributed by atoms with E-state index in [-0.39, 0.29) is 23.5 Å². The van der Waals surface area contributed by atoms with Crippen LogP contribution >= 0.6 is 11.8 Å². The zero-order chi connectivity index (χ0) is 23.4. The summed E-state index contributed by atoms with van der Waals surface area (Å²) in [6.45, 7) is 0.258. The summed E-state index contributed by atoms with van der Waals surface area (Å²) in [5.74, 6) is -1.86. The van der Waals surface area contributed by atoms with Gasteiger partial charge in [0, 0.05) is 11.8 Å². The Morgan fingerprint density at radius 1 is 1.06 bits per heavy atom. The van der Waals surface area contributed by atoms with Crippen LogP contribution in [0, 0.1) is 11.6 Å². The molecule has 0 bridgehead atoms. The molecule has 0 fully saturated rings. The molecule has 1 aromatic heterocycles. The first-order valence-electron chi connectivity index (χ1n) is 9.95. The van der Waals surface area contributed by atoms with E-state index in [2.05, 4.69) is 10.3 Å². The molecule has 0 aliphatic rings. The zero-order valence-electron chi connectivity index (χ0n) is 17.5. The molecule has 0 aliphatic heterocycles. The van der Waals surface area contributed by atoms with Crippen molar-refractivity contribution in [3.63, 3.8) is 0 Å². The van der Waals surface area contributed by atoms with E-state index in [1.807, 2.05) is 12.1 Å². The van der Waals surface area contributed by atoms with Crippen molar-refractivity contribution in [2.75, 3.05) is 18.2 Å². The van der Waals surface area contributed by atoms with Crippen molar-refractivity contribution >= 4 is 34.3 Å². The average molecular weight is 467 g/mol. The minimum Gasteiger partial charge on any atom is -0.497 e. The number of nitrogens with one attached hydrogen (secondary N) is 1. The zero-order valence-corrected chi connectivity index (χ0v) is 18.4. The van der Waals surface area contributed by atoms with Gasteiger partial charge in [-0.25, -0.2) is 13.8 Å². The van der Waals surface area contributed by atoms with Crippen LogP contribution in [0.3, 0.4) is 0 Å². The number of rotatable bonds is 7. The second-order valence-electron chi connectivity index (χ2n) is 7.12. The van der Waals surface area contributed by atoms with Gasteiger partial charge in [0.25, 0.3) is 5.56 Å². The maximum atomic E-state index is 13.4. The van der Waals surface area contributed by atoms with Crippen LogP contribution in [0.25, 0.3) is 10.9 Å². The number of para-hydroxylation sites is 1. The second kappa shape index (κ2) is 9.83. The van der Waals surface area contributed by atoms with Crippen molar-refractivity contribution in [2.45, 2.75) is 11.7 Å². The van der Waals surface area contributed by atoms with Crippen molar-refractivity contribution in [1.82, 2.24) is 9.55 Å². The largest absolute Gasteiger partial charge is 0.497 e. The van der Waals surface area contributed by atoms with Gasteiger partial charge in [0.1, 0.15) is 5.75 Å². The number of thioether (sulfide) groups is 1. The summed E-state index contributed by atoms with van der Waals surface area (Å²) in [5.41, 5.74) is 1.31. The van der Waals surface area contributed by atoms with Crippen molar-refractivity contribution in [1.29, 1.82) is 0 Å². The predicted octanol–water partition coefficient (Wildman–Crippen LogP) is 4.46. The fraction of sp³-hybridized carbons (Fsp3) is 0.125. The number of anilines is 1. The Morgan fingerprint density at radius 3 is 2.55 bits per heavy atom. The first kappa shape index (κ1) is 22.5. The molecule has 1 N–H and O–H groups in total. The standard InChI is InChI=1S/C24H19F2N3O3S/c1-32-17-9-6-15(7-10-17)13-29-23(31)18-4-2-3-5-21(18)28-24(29)33-14-22(30)27-16-8-11-19(25)20(26)12-16/h2-12H,13-14H2,1H3,(H,27,30). The third-order valence-electron chi connectivity index (χ3n) is 4.86. The highest BCUT2D eigenvalue weighted by molar-refractivity contribution is 7.99. The van der Waals surface area contributed by atoms with Crippen molar-refractivity contribution in [3.05, 3.63) is 94.3 Å². The molecule has 0 aliphatic carbocycles. The molecule has 168 valence electrons. The molecule has 0 saturated heterocycles. The van der Waals surface area contributed by atoms with Crippen LogP contribution in [0.15, 0.2) is 76.7 Å². The van der Waals surface area contributed by atoms with Gasteiger partial charge in [-0.1, -0.05) is 36.0 Å². The van der Waals surface area contributed by atoms with E-state index in [1.165, 1.54) is 10.6 Å². The minimum absolute atomic E-state index is 0.0770. The van der Waals surface area contributed by atoms with E-state index < -0.39 is 17.5 Å². The van der Waals surface area contributed by atoms with E-state index in [9.17, 15) is 18.4 Å². The average Bonchev–Trinajstić information content (AvgIpc) is 2.82. The maximum absolute atomic E-state index is 13.4. The molecule has 4 rings (SSSR count). The summed E-state index contributed by atoms with van der Waals surface area (Å²) in [6, 6.07) is 17.4. The van der Waals surface area contributed by atoms with Gasteiger partial charge in [0.05, 0.1) is 30.3 Å². The van der Waals surface area contributed by atoms with Gasteiger partial charge in [-0.05, 0) is 42.0 Å². The Kier molecular flexibility index (Phi) is 6.69. The van der Waals surface area contributed by atoms with E-state index in [1.54, 1.807) is 43.5 Å². The molecule has 4 aromatic rings. The summed E-state index contributed by atoms with van der Waals surface area (Å²) in [7, 11) is 1.58. The number of hydrogen-bond donors (Lipinski definition) is 1. The third-order valence-corrected chi connectivity index (χ3v) is 5.84. The molecule has 1 amide bonds. The third kappa shape index (κ3) is 5.20. The highest BCUT2D eigenvalue weighted by atomic mass is 32.2. The summed E-state index contributed by atoms with van der Waals surface area (Å²) in [6.07, 6.45) is 0. The first-order valence-corrected chi connectivity index (χ1v) is 10.9. The Bertz CT molecular complexity index is 1370. The van der Waals surface area contributed by atoms with E-state index in [0.717, 1.165) is 29.5 Å².